The minimum atomic E-state index is -0.955. The van der Waals surface area contributed by atoms with Crippen molar-refractivity contribution in [3.63, 3.8) is 0 Å². The summed E-state index contributed by atoms with van der Waals surface area (Å²) in [5.74, 6) is -2.53. The van der Waals surface area contributed by atoms with E-state index in [1.54, 1.807) is 14.1 Å². The van der Waals surface area contributed by atoms with E-state index in [0.29, 0.717) is 13.0 Å². The molecule has 0 heterocycles. The van der Waals surface area contributed by atoms with Crippen LogP contribution in [0, 0.1) is 11.8 Å². The van der Waals surface area contributed by atoms with Crippen molar-refractivity contribution < 1.29 is 24.2 Å². The maximum Gasteiger partial charge on any atom is 0.307 e. The van der Waals surface area contributed by atoms with Crippen LogP contribution in [-0.4, -0.2) is 73.6 Å². The molecule has 0 saturated heterocycles. The number of hydrogen-bond donors (Lipinski definition) is 1. The molecule has 0 aliphatic heterocycles. The predicted molar refractivity (Wildman–Crippen MR) is 66.4 cm³/mol. The number of rotatable bonds is 7. The Morgan fingerprint density at radius 1 is 1.26 bits per heavy atom. The van der Waals surface area contributed by atoms with Crippen LogP contribution in [0.15, 0.2) is 0 Å². The van der Waals surface area contributed by atoms with Gasteiger partial charge in [-0.15, -0.1) is 0 Å². The number of hydrogen-bond acceptors (Lipinski definition) is 4. The van der Waals surface area contributed by atoms with Gasteiger partial charge in [0, 0.05) is 27.7 Å². The fourth-order valence-corrected chi connectivity index (χ4v) is 1.75. The molecule has 0 aromatic heterocycles. The molecule has 1 N–H and O–H groups in total. The van der Waals surface area contributed by atoms with Gasteiger partial charge in [0.05, 0.1) is 25.0 Å². The Hall–Kier alpha value is -1.63. The van der Waals surface area contributed by atoms with Gasteiger partial charge < -0.3 is 19.6 Å². The van der Waals surface area contributed by atoms with Gasteiger partial charge in [0.2, 0.25) is 11.8 Å². The van der Waals surface area contributed by atoms with E-state index in [2.05, 4.69) is 0 Å². The highest BCUT2D eigenvalue weighted by molar-refractivity contribution is 5.91. The molecule has 1 rings (SSSR count). The zero-order valence-electron chi connectivity index (χ0n) is 11.5. The summed E-state index contributed by atoms with van der Waals surface area (Å²) in [6.45, 7) is 0.562. The van der Waals surface area contributed by atoms with Crippen molar-refractivity contribution in [1.82, 2.24) is 9.80 Å². The number of likely N-dealkylation sites (N-methyl/N-ethyl adjacent to an activating group) is 1. The second-order valence-corrected chi connectivity index (χ2v) is 4.83. The fraction of sp³-hybridized carbons (Fsp3) is 0.750. The van der Waals surface area contributed by atoms with E-state index >= 15 is 0 Å². The van der Waals surface area contributed by atoms with Crippen molar-refractivity contribution in [3.05, 3.63) is 0 Å². The molecule has 2 amide bonds. The van der Waals surface area contributed by atoms with Crippen LogP contribution >= 0.6 is 0 Å². The summed E-state index contributed by atoms with van der Waals surface area (Å²) >= 11 is 0. The summed E-state index contributed by atoms with van der Waals surface area (Å²) < 4.78 is 4.90. The molecule has 0 unspecified atom stereocenters. The Morgan fingerprint density at radius 2 is 1.89 bits per heavy atom. The summed E-state index contributed by atoms with van der Waals surface area (Å²) in [6, 6.07) is 0. The highest BCUT2D eigenvalue weighted by Crippen LogP contribution is 2.40. The fourth-order valence-electron chi connectivity index (χ4n) is 1.75. The summed E-state index contributed by atoms with van der Waals surface area (Å²) in [6.07, 6.45) is 0.355. The molecule has 0 bridgehead atoms. The van der Waals surface area contributed by atoms with E-state index in [9.17, 15) is 14.4 Å². The van der Waals surface area contributed by atoms with Crippen LogP contribution in [0.4, 0.5) is 0 Å². The lowest BCUT2D eigenvalue weighted by molar-refractivity contribution is -0.143. The minimum Gasteiger partial charge on any atom is -0.481 e. The highest BCUT2D eigenvalue weighted by atomic mass is 16.5. The molecule has 1 fully saturated rings. The molecular weight excluding hydrogens is 252 g/mol. The van der Waals surface area contributed by atoms with Gasteiger partial charge >= 0.3 is 5.97 Å². The Balaban J connectivity index is 2.61. The first-order valence-corrected chi connectivity index (χ1v) is 6.09. The smallest absolute Gasteiger partial charge is 0.307 e. The molecule has 7 nitrogen and oxygen atoms in total. The first kappa shape index (κ1) is 15.4. The first-order valence-electron chi connectivity index (χ1n) is 6.09. The molecule has 0 spiro atoms. The molecule has 108 valence electrons. The summed E-state index contributed by atoms with van der Waals surface area (Å²) in [4.78, 5) is 37.3. The van der Waals surface area contributed by atoms with Gasteiger partial charge in [-0.05, 0) is 6.42 Å². The molecule has 2 atom stereocenters. The summed E-state index contributed by atoms with van der Waals surface area (Å²) in [5.41, 5.74) is 0. The lowest BCUT2D eigenvalue weighted by Crippen LogP contribution is -2.43. The molecular formula is C12H20N2O5. The summed E-state index contributed by atoms with van der Waals surface area (Å²) in [7, 11) is 4.73. The van der Waals surface area contributed by atoms with Gasteiger partial charge in [-0.1, -0.05) is 0 Å². The number of carbonyl (C=O) groups is 3. The zero-order chi connectivity index (χ0) is 14.6. The number of carboxylic acids is 1. The van der Waals surface area contributed by atoms with Gasteiger partial charge in [-0.25, -0.2) is 0 Å². The quantitative estimate of drug-likeness (QED) is 0.660. The topological polar surface area (TPSA) is 87.2 Å². The SMILES string of the molecule is COCCN(CC(=O)N(C)C)C(=O)[C@@H]1C[C@@H]1C(=O)O. The number of carboxylic acid groups (broad SMARTS) is 1. The molecule has 1 aliphatic carbocycles. The van der Waals surface area contributed by atoms with Crippen molar-refractivity contribution in [2.24, 2.45) is 11.8 Å². The number of amides is 2. The standard InChI is InChI=1S/C12H20N2O5/c1-13(2)10(15)7-14(4-5-19-3)11(16)8-6-9(8)12(17)18/h8-9H,4-7H2,1-3H3,(H,17,18)/t8-,9+/m1/s1. The van der Waals surface area contributed by atoms with E-state index < -0.39 is 17.8 Å². The van der Waals surface area contributed by atoms with E-state index in [-0.39, 0.29) is 24.9 Å². The molecule has 1 aliphatic rings. The van der Waals surface area contributed by atoms with Crippen molar-refractivity contribution in [3.8, 4) is 0 Å². The Kier molecular flexibility index (Phi) is 5.29. The average Bonchev–Trinajstić information content (AvgIpc) is 3.13. The number of nitrogens with zero attached hydrogens (tertiary/aromatic N) is 2. The number of methoxy groups -OCH3 is 1. The van der Waals surface area contributed by atoms with Gasteiger partial charge in [-0.3, -0.25) is 14.4 Å². The molecule has 0 aromatic carbocycles. The number of ether oxygens (including phenoxy) is 1. The van der Waals surface area contributed by atoms with Crippen LogP contribution in [0.5, 0.6) is 0 Å². The van der Waals surface area contributed by atoms with Gasteiger partial charge in [-0.2, -0.15) is 0 Å². The monoisotopic (exact) mass is 272 g/mol. The van der Waals surface area contributed by atoms with Crippen molar-refractivity contribution in [1.29, 1.82) is 0 Å². The van der Waals surface area contributed by atoms with E-state index in [1.807, 2.05) is 0 Å². The molecule has 0 aromatic rings. The lowest BCUT2D eigenvalue weighted by atomic mass is 10.2. The molecule has 7 heteroatoms. The average molecular weight is 272 g/mol. The second-order valence-electron chi connectivity index (χ2n) is 4.83. The Labute approximate surface area is 112 Å². The van der Waals surface area contributed by atoms with E-state index in [1.165, 1.54) is 16.9 Å². The highest BCUT2D eigenvalue weighted by Gasteiger charge is 2.49. The van der Waals surface area contributed by atoms with Crippen LogP contribution in [0.25, 0.3) is 0 Å². The molecule has 0 radical (unpaired) electrons. The van der Waals surface area contributed by atoms with Crippen LogP contribution in [0.2, 0.25) is 0 Å². The zero-order valence-corrected chi connectivity index (χ0v) is 11.5. The van der Waals surface area contributed by atoms with Crippen LogP contribution in [-0.2, 0) is 19.1 Å². The van der Waals surface area contributed by atoms with Crippen LogP contribution in [0.1, 0.15) is 6.42 Å². The summed E-state index contributed by atoms with van der Waals surface area (Å²) in [5, 5.41) is 8.83. The largest absolute Gasteiger partial charge is 0.481 e. The molecule has 1 saturated carbocycles. The number of aliphatic carboxylic acids is 1. The Bertz CT molecular complexity index is 369. The van der Waals surface area contributed by atoms with E-state index in [4.69, 9.17) is 9.84 Å². The van der Waals surface area contributed by atoms with Crippen LogP contribution < -0.4 is 0 Å². The normalized spacial score (nSPS) is 20.8. The lowest BCUT2D eigenvalue weighted by Gasteiger charge is -2.23. The first-order chi connectivity index (χ1) is 8.88. The number of carbonyl (C=O) groups excluding carboxylic acids is 2. The van der Waals surface area contributed by atoms with Crippen molar-refractivity contribution >= 4 is 17.8 Å². The van der Waals surface area contributed by atoms with Crippen LogP contribution in [0.3, 0.4) is 0 Å². The third kappa shape index (κ3) is 4.20. The maximum atomic E-state index is 12.1. The van der Waals surface area contributed by atoms with E-state index in [0.717, 1.165) is 0 Å². The predicted octanol–water partition coefficient (Wildman–Crippen LogP) is -0.730. The van der Waals surface area contributed by atoms with Crippen molar-refractivity contribution in [2.75, 3.05) is 40.9 Å². The van der Waals surface area contributed by atoms with Gasteiger partial charge in [0.15, 0.2) is 0 Å². The van der Waals surface area contributed by atoms with Crippen molar-refractivity contribution in [2.45, 2.75) is 6.42 Å². The minimum absolute atomic E-state index is 0.0436. The Morgan fingerprint density at radius 3 is 2.32 bits per heavy atom. The maximum absolute atomic E-state index is 12.1. The molecule has 19 heavy (non-hydrogen) atoms. The van der Waals surface area contributed by atoms with Gasteiger partial charge in [0.25, 0.3) is 0 Å². The van der Waals surface area contributed by atoms with Gasteiger partial charge in [0.1, 0.15) is 0 Å². The third-order valence-corrected chi connectivity index (χ3v) is 3.13. The second kappa shape index (κ2) is 6.51. The third-order valence-electron chi connectivity index (χ3n) is 3.13.